The van der Waals surface area contributed by atoms with Gasteiger partial charge in [-0.25, -0.2) is 4.68 Å². The standard InChI is InChI=1S/C19H24ClN5O2/c1-23(16-5-9-27-13-16)19(26)14-3-7-24(8-4-14)18-11-21-6-2-17(18)25-12-15(20)10-22-25/h2,6,10-12,14,16H,3-5,7-9,13H2,1H3/t16-/m1/s1. The Morgan fingerprint density at radius 2 is 2.07 bits per heavy atom. The molecule has 4 rings (SSSR count). The number of hydrogen-bond donors (Lipinski definition) is 0. The van der Waals surface area contributed by atoms with Crippen LogP contribution in [0.25, 0.3) is 5.69 Å². The minimum absolute atomic E-state index is 0.0751. The molecule has 7 nitrogen and oxygen atoms in total. The number of ether oxygens (including phenoxy) is 1. The lowest BCUT2D eigenvalue weighted by atomic mass is 9.94. The molecular weight excluding hydrogens is 366 g/mol. The van der Waals surface area contributed by atoms with Gasteiger partial charge in [-0.15, -0.1) is 0 Å². The first-order valence-corrected chi connectivity index (χ1v) is 9.75. The van der Waals surface area contributed by atoms with Gasteiger partial charge in [-0.3, -0.25) is 9.78 Å². The molecule has 27 heavy (non-hydrogen) atoms. The maximum absolute atomic E-state index is 12.8. The predicted octanol–water partition coefficient (Wildman–Crippen LogP) is 2.38. The van der Waals surface area contributed by atoms with Gasteiger partial charge in [0.1, 0.15) is 0 Å². The van der Waals surface area contributed by atoms with Crippen molar-refractivity contribution in [1.82, 2.24) is 19.7 Å². The molecule has 2 aromatic heterocycles. The SMILES string of the molecule is CN(C(=O)C1CCN(c2cnccc2-n2cc(Cl)cn2)CC1)[C@@H]1CCOC1. The van der Waals surface area contributed by atoms with Gasteiger partial charge < -0.3 is 14.5 Å². The lowest BCUT2D eigenvalue weighted by Crippen LogP contribution is -2.45. The predicted molar refractivity (Wildman–Crippen MR) is 103 cm³/mol. The molecule has 0 spiro atoms. The molecule has 2 saturated heterocycles. The van der Waals surface area contributed by atoms with Gasteiger partial charge in [-0.1, -0.05) is 11.6 Å². The molecule has 0 N–H and O–H groups in total. The molecule has 2 aliphatic heterocycles. The number of carbonyl (C=O) groups excluding carboxylic acids is 1. The third kappa shape index (κ3) is 3.80. The smallest absolute Gasteiger partial charge is 0.225 e. The molecule has 2 aromatic rings. The van der Waals surface area contributed by atoms with Gasteiger partial charge in [0.25, 0.3) is 0 Å². The van der Waals surface area contributed by atoms with Crippen molar-refractivity contribution in [3.63, 3.8) is 0 Å². The maximum Gasteiger partial charge on any atom is 0.225 e. The van der Waals surface area contributed by atoms with Gasteiger partial charge >= 0.3 is 0 Å². The highest BCUT2D eigenvalue weighted by Gasteiger charge is 2.32. The van der Waals surface area contributed by atoms with E-state index in [2.05, 4.69) is 15.0 Å². The van der Waals surface area contributed by atoms with Crippen LogP contribution in [0.2, 0.25) is 5.02 Å². The number of amides is 1. The molecule has 2 aliphatic rings. The Balaban J connectivity index is 1.43. The molecule has 4 heterocycles. The molecule has 8 heteroatoms. The molecule has 2 fully saturated rings. The summed E-state index contributed by atoms with van der Waals surface area (Å²) in [5, 5.41) is 4.91. The van der Waals surface area contributed by atoms with Gasteiger partial charge in [0.15, 0.2) is 0 Å². The number of likely N-dealkylation sites (N-methyl/N-ethyl adjacent to an activating group) is 1. The van der Waals surface area contributed by atoms with Gasteiger partial charge in [-0.05, 0) is 25.3 Å². The Hall–Kier alpha value is -2.12. The lowest BCUT2D eigenvalue weighted by molar-refractivity contribution is -0.137. The molecule has 0 aliphatic carbocycles. The molecule has 144 valence electrons. The van der Waals surface area contributed by atoms with Crippen molar-refractivity contribution in [2.24, 2.45) is 5.92 Å². The first kappa shape index (κ1) is 18.3. The average Bonchev–Trinajstić information content (AvgIpc) is 3.39. The summed E-state index contributed by atoms with van der Waals surface area (Å²) in [7, 11) is 1.91. The largest absolute Gasteiger partial charge is 0.379 e. The number of rotatable bonds is 4. The molecule has 0 aromatic carbocycles. The molecule has 0 bridgehead atoms. The van der Waals surface area contributed by atoms with Crippen LogP contribution in [-0.2, 0) is 9.53 Å². The second-order valence-electron chi connectivity index (χ2n) is 7.20. The van der Waals surface area contributed by atoms with E-state index in [-0.39, 0.29) is 17.9 Å². The van der Waals surface area contributed by atoms with Crippen LogP contribution in [-0.4, -0.2) is 65.0 Å². The first-order valence-electron chi connectivity index (χ1n) is 9.37. The van der Waals surface area contributed by atoms with Crippen molar-refractivity contribution in [2.45, 2.75) is 25.3 Å². The van der Waals surface area contributed by atoms with E-state index in [9.17, 15) is 4.79 Å². The molecule has 0 radical (unpaired) electrons. The minimum Gasteiger partial charge on any atom is -0.379 e. The second-order valence-corrected chi connectivity index (χ2v) is 7.63. The first-order chi connectivity index (χ1) is 13.1. The van der Waals surface area contributed by atoms with Crippen LogP contribution in [0.5, 0.6) is 0 Å². The highest BCUT2D eigenvalue weighted by Crippen LogP contribution is 2.29. The fourth-order valence-corrected chi connectivity index (χ4v) is 4.05. The zero-order valence-electron chi connectivity index (χ0n) is 15.4. The Bertz CT molecular complexity index is 797. The molecule has 1 atom stereocenters. The molecular formula is C19H24ClN5O2. The van der Waals surface area contributed by atoms with Crippen LogP contribution < -0.4 is 4.90 Å². The number of halogens is 1. The van der Waals surface area contributed by atoms with E-state index in [1.54, 1.807) is 23.3 Å². The summed E-state index contributed by atoms with van der Waals surface area (Å²) in [5.41, 5.74) is 1.96. The number of nitrogens with zero attached hydrogens (tertiary/aromatic N) is 5. The van der Waals surface area contributed by atoms with Crippen molar-refractivity contribution in [3.8, 4) is 5.69 Å². The summed E-state index contributed by atoms with van der Waals surface area (Å²) in [6.45, 7) is 3.05. The number of anilines is 1. The van der Waals surface area contributed by atoms with Crippen LogP contribution in [0.1, 0.15) is 19.3 Å². The highest BCUT2D eigenvalue weighted by molar-refractivity contribution is 6.30. The summed E-state index contributed by atoms with van der Waals surface area (Å²) in [5.74, 6) is 0.321. The van der Waals surface area contributed by atoms with Crippen molar-refractivity contribution >= 4 is 23.2 Å². The molecule has 1 amide bonds. The number of aromatic nitrogens is 3. The number of pyridine rings is 1. The Kier molecular flexibility index (Phi) is 5.31. The van der Waals surface area contributed by atoms with Crippen molar-refractivity contribution in [3.05, 3.63) is 35.9 Å². The van der Waals surface area contributed by atoms with E-state index >= 15 is 0 Å². The Labute approximate surface area is 163 Å². The van der Waals surface area contributed by atoms with Gasteiger partial charge in [-0.2, -0.15) is 5.10 Å². The fraction of sp³-hybridized carbons (Fsp3) is 0.526. The van der Waals surface area contributed by atoms with E-state index in [1.165, 1.54) is 0 Å². The van der Waals surface area contributed by atoms with Crippen LogP contribution in [0.15, 0.2) is 30.9 Å². The fourth-order valence-electron chi connectivity index (χ4n) is 3.91. The quantitative estimate of drug-likeness (QED) is 0.803. The monoisotopic (exact) mass is 389 g/mol. The average molecular weight is 390 g/mol. The van der Waals surface area contributed by atoms with Crippen LogP contribution in [0.3, 0.4) is 0 Å². The molecule has 0 saturated carbocycles. The third-order valence-electron chi connectivity index (χ3n) is 5.56. The normalized spacial score (nSPS) is 20.8. The van der Waals surface area contributed by atoms with Gasteiger partial charge in [0.2, 0.25) is 5.91 Å². The Morgan fingerprint density at radius 3 is 2.74 bits per heavy atom. The zero-order chi connectivity index (χ0) is 18.8. The topological polar surface area (TPSA) is 63.5 Å². The van der Waals surface area contributed by atoms with Crippen LogP contribution >= 0.6 is 11.6 Å². The van der Waals surface area contributed by atoms with E-state index in [4.69, 9.17) is 16.3 Å². The number of carbonyl (C=O) groups is 1. The summed E-state index contributed by atoms with van der Waals surface area (Å²) >= 11 is 6.02. The number of piperidine rings is 1. The maximum atomic E-state index is 12.8. The van der Waals surface area contributed by atoms with Gasteiger partial charge in [0, 0.05) is 45.1 Å². The third-order valence-corrected chi connectivity index (χ3v) is 5.76. The lowest BCUT2D eigenvalue weighted by Gasteiger charge is -2.36. The summed E-state index contributed by atoms with van der Waals surface area (Å²) < 4.78 is 7.19. The summed E-state index contributed by atoms with van der Waals surface area (Å²) in [4.78, 5) is 21.3. The molecule has 0 unspecified atom stereocenters. The van der Waals surface area contributed by atoms with E-state index < -0.39 is 0 Å². The minimum atomic E-state index is 0.0751. The van der Waals surface area contributed by atoms with Crippen molar-refractivity contribution < 1.29 is 9.53 Å². The van der Waals surface area contributed by atoms with E-state index in [0.29, 0.717) is 11.6 Å². The second kappa shape index (κ2) is 7.86. The highest BCUT2D eigenvalue weighted by atomic mass is 35.5. The number of hydrogen-bond acceptors (Lipinski definition) is 5. The van der Waals surface area contributed by atoms with Crippen LogP contribution in [0.4, 0.5) is 5.69 Å². The van der Waals surface area contributed by atoms with E-state index in [0.717, 1.165) is 50.3 Å². The summed E-state index contributed by atoms with van der Waals surface area (Å²) in [6.07, 6.45) is 9.63. The van der Waals surface area contributed by atoms with Crippen molar-refractivity contribution in [2.75, 3.05) is 38.3 Å². The zero-order valence-corrected chi connectivity index (χ0v) is 16.2. The summed E-state index contributed by atoms with van der Waals surface area (Å²) in [6, 6.07) is 2.16. The Morgan fingerprint density at radius 1 is 1.26 bits per heavy atom. The van der Waals surface area contributed by atoms with E-state index in [1.807, 2.05) is 24.2 Å². The van der Waals surface area contributed by atoms with Crippen LogP contribution in [0, 0.1) is 5.92 Å². The van der Waals surface area contributed by atoms with Gasteiger partial charge in [0.05, 0.1) is 41.4 Å². The van der Waals surface area contributed by atoms with Crippen molar-refractivity contribution in [1.29, 1.82) is 0 Å².